The molecular weight excluding hydrogens is 701 g/mol. The maximum Gasteiger partial charge on any atom is 0.350 e. The third kappa shape index (κ3) is 6.35. The minimum absolute atomic E-state index is 0.124. The average molecular weight is 741 g/mol. The zero-order valence-corrected chi connectivity index (χ0v) is 29.8. The lowest BCUT2D eigenvalue weighted by Gasteiger charge is -2.37. The number of benzene rings is 3. The number of aliphatic hydroxyl groups is 1. The summed E-state index contributed by atoms with van der Waals surface area (Å²) < 4.78 is 50.6. The van der Waals surface area contributed by atoms with Crippen molar-refractivity contribution in [3.63, 3.8) is 0 Å². The second-order valence-corrected chi connectivity index (χ2v) is 13.5. The zero-order valence-electron chi connectivity index (χ0n) is 29.8. The minimum atomic E-state index is -3.85. The van der Waals surface area contributed by atoms with Gasteiger partial charge in [0.25, 0.3) is 0 Å². The van der Waals surface area contributed by atoms with E-state index >= 15 is 8.78 Å². The van der Waals surface area contributed by atoms with E-state index in [0.717, 1.165) is 56.1 Å². The van der Waals surface area contributed by atoms with Crippen molar-refractivity contribution in [3.05, 3.63) is 131 Å². The molecule has 1 fully saturated rings. The Morgan fingerprint density at radius 2 is 1.44 bits per heavy atom. The first-order valence-corrected chi connectivity index (χ1v) is 17.6. The van der Waals surface area contributed by atoms with Crippen LogP contribution in [0.25, 0.3) is 16.8 Å². The Labute approximate surface area is 308 Å². The van der Waals surface area contributed by atoms with Crippen LogP contribution in [0.3, 0.4) is 0 Å². The molecule has 1 unspecified atom stereocenters. The van der Waals surface area contributed by atoms with E-state index in [1.54, 1.807) is 6.92 Å². The average Bonchev–Trinajstić information content (AvgIpc) is 3.80. The molecule has 3 atom stereocenters. The Bertz CT molecular complexity index is 2270. The van der Waals surface area contributed by atoms with Crippen LogP contribution >= 0.6 is 0 Å². The van der Waals surface area contributed by atoms with Crippen molar-refractivity contribution in [1.82, 2.24) is 39.7 Å². The number of hydrogen-bond donors (Lipinski definition) is 2. The molecule has 13 nitrogen and oxygen atoms in total. The first-order valence-electron chi connectivity index (χ1n) is 17.6. The number of hydrogen-bond acceptors (Lipinski definition) is 10. The Kier molecular flexibility index (Phi) is 9.70. The molecule has 0 spiro atoms. The normalized spacial score (nSPS) is 15.9. The van der Waals surface area contributed by atoms with Crippen molar-refractivity contribution >= 4 is 11.4 Å². The lowest BCUT2D eigenvalue weighted by Crippen LogP contribution is -2.46. The van der Waals surface area contributed by atoms with Gasteiger partial charge in [0.2, 0.25) is 5.82 Å². The second-order valence-electron chi connectivity index (χ2n) is 13.5. The number of nitrogens with zero attached hydrogens (tertiary/aromatic N) is 10. The number of rotatable bonds is 11. The van der Waals surface area contributed by atoms with Crippen LogP contribution < -0.4 is 15.5 Å². The molecule has 54 heavy (non-hydrogen) atoms. The standard InChI is InChI=1S/C38H39F3N10O3/c1-4-33(25(2)52)50-36(53)49(24-43-50)30-16-14-29(15-17-30)48-21-19-47(20-22-48)28-12-9-26(10-13-28)27-11-18-34(42-23-27)38(40,41)37(3,35-44-45-46-51(35)54)31-7-5-6-8-32(31)39/h5-18,23-25,33,52,54H,4,19-22H2,1-3H3/t25-,33-,37?/m0/s1. The molecule has 0 bridgehead atoms. The zero-order chi connectivity index (χ0) is 38.2. The van der Waals surface area contributed by atoms with Crippen LogP contribution in [-0.4, -0.2) is 82.3 Å². The third-order valence-corrected chi connectivity index (χ3v) is 10.3. The van der Waals surface area contributed by atoms with E-state index in [1.807, 2.05) is 55.5 Å². The number of piperazine rings is 1. The number of anilines is 2. The molecule has 280 valence electrons. The van der Waals surface area contributed by atoms with Gasteiger partial charge in [-0.15, -0.1) is 5.10 Å². The summed E-state index contributed by atoms with van der Waals surface area (Å²) in [5.41, 5.74) is 0.275. The van der Waals surface area contributed by atoms with Crippen LogP contribution in [-0.2, 0) is 11.3 Å². The summed E-state index contributed by atoms with van der Waals surface area (Å²) >= 11 is 0. The van der Waals surface area contributed by atoms with E-state index in [1.165, 1.54) is 52.1 Å². The van der Waals surface area contributed by atoms with Crippen molar-refractivity contribution in [2.45, 2.75) is 50.7 Å². The van der Waals surface area contributed by atoms with Gasteiger partial charge in [-0.25, -0.2) is 18.4 Å². The fraction of sp³-hybridized carbons (Fsp3) is 0.316. The van der Waals surface area contributed by atoms with Crippen LogP contribution in [0.1, 0.15) is 50.3 Å². The molecule has 1 saturated heterocycles. The highest BCUT2D eigenvalue weighted by Gasteiger charge is 2.59. The van der Waals surface area contributed by atoms with Gasteiger partial charge >= 0.3 is 11.6 Å². The Morgan fingerprint density at radius 1 is 0.852 bits per heavy atom. The van der Waals surface area contributed by atoms with Gasteiger partial charge in [0.1, 0.15) is 23.3 Å². The predicted octanol–water partition coefficient (Wildman–Crippen LogP) is 5.22. The van der Waals surface area contributed by atoms with Crippen molar-refractivity contribution in [1.29, 1.82) is 0 Å². The number of halogens is 3. The SMILES string of the molecule is CC[C@@H]([C@H](C)O)n1ncn(-c2ccc(N3CCN(c4ccc(-c5ccc(C(F)(F)C(C)(c6ccccc6F)c6nnnn6O)nc5)cc4)CC3)cc2)c1=O. The van der Waals surface area contributed by atoms with Gasteiger partial charge in [-0.3, -0.25) is 4.98 Å². The Morgan fingerprint density at radius 3 is 1.98 bits per heavy atom. The van der Waals surface area contributed by atoms with Gasteiger partial charge < -0.3 is 20.1 Å². The van der Waals surface area contributed by atoms with Gasteiger partial charge in [-0.05, 0) is 84.8 Å². The highest BCUT2D eigenvalue weighted by molar-refractivity contribution is 5.66. The monoisotopic (exact) mass is 740 g/mol. The molecule has 7 rings (SSSR count). The minimum Gasteiger partial charge on any atom is -0.409 e. The largest absolute Gasteiger partial charge is 0.409 e. The molecule has 0 aliphatic carbocycles. The number of tetrazole rings is 1. The molecule has 3 aromatic carbocycles. The summed E-state index contributed by atoms with van der Waals surface area (Å²) in [7, 11) is 0. The Hall–Kier alpha value is -6.03. The number of alkyl halides is 2. The van der Waals surface area contributed by atoms with Gasteiger partial charge in [-0.1, -0.05) is 48.2 Å². The highest BCUT2D eigenvalue weighted by atomic mass is 19.3. The van der Waals surface area contributed by atoms with Crippen LogP contribution in [0, 0.1) is 5.82 Å². The van der Waals surface area contributed by atoms with Crippen LogP contribution in [0.15, 0.2) is 102 Å². The summed E-state index contributed by atoms with van der Waals surface area (Å²) in [5.74, 6) is -5.40. The molecule has 1 aliphatic heterocycles. The van der Waals surface area contributed by atoms with Crippen LogP contribution in [0.5, 0.6) is 0 Å². The summed E-state index contributed by atoms with van der Waals surface area (Å²) in [6.45, 7) is 7.72. The van der Waals surface area contributed by atoms with Gasteiger partial charge in [0, 0.05) is 54.9 Å². The summed E-state index contributed by atoms with van der Waals surface area (Å²) in [4.78, 5) is 21.8. The molecule has 0 saturated carbocycles. The summed E-state index contributed by atoms with van der Waals surface area (Å²) in [6.07, 6.45) is 2.70. The van der Waals surface area contributed by atoms with E-state index in [9.17, 15) is 19.5 Å². The topological polar surface area (TPSA) is 143 Å². The number of pyridine rings is 1. The lowest BCUT2D eigenvalue weighted by atomic mass is 9.74. The third-order valence-electron chi connectivity index (χ3n) is 10.3. The first kappa shape index (κ1) is 36.3. The van der Waals surface area contributed by atoms with Crippen molar-refractivity contribution < 1.29 is 23.5 Å². The lowest BCUT2D eigenvalue weighted by molar-refractivity contribution is -0.0784. The quantitative estimate of drug-likeness (QED) is 0.170. The molecule has 4 heterocycles. The molecule has 1 aliphatic rings. The molecule has 16 heteroatoms. The smallest absolute Gasteiger partial charge is 0.350 e. The van der Waals surface area contributed by atoms with Gasteiger partial charge in [0.05, 0.1) is 17.8 Å². The van der Waals surface area contributed by atoms with Crippen molar-refractivity contribution in [2.75, 3.05) is 36.0 Å². The number of aliphatic hydroxyl groups excluding tert-OH is 1. The van der Waals surface area contributed by atoms with Crippen molar-refractivity contribution in [2.24, 2.45) is 0 Å². The van der Waals surface area contributed by atoms with E-state index in [4.69, 9.17) is 0 Å². The molecule has 0 radical (unpaired) electrons. The maximum atomic E-state index is 16.4. The van der Waals surface area contributed by atoms with E-state index < -0.39 is 46.4 Å². The summed E-state index contributed by atoms with van der Waals surface area (Å²) in [5, 5.41) is 34.7. The van der Waals surface area contributed by atoms with E-state index in [-0.39, 0.29) is 10.5 Å². The second kappa shape index (κ2) is 14.4. The highest BCUT2D eigenvalue weighted by Crippen LogP contribution is 2.50. The summed E-state index contributed by atoms with van der Waals surface area (Å²) in [6, 6.07) is 22.9. The molecule has 2 N–H and O–H groups in total. The molecule has 6 aromatic rings. The van der Waals surface area contributed by atoms with Crippen molar-refractivity contribution in [3.8, 4) is 16.8 Å². The van der Waals surface area contributed by atoms with Crippen LogP contribution in [0.4, 0.5) is 24.5 Å². The first-order chi connectivity index (χ1) is 25.9. The predicted molar refractivity (Wildman–Crippen MR) is 195 cm³/mol. The molecule has 3 aromatic heterocycles. The van der Waals surface area contributed by atoms with Crippen LogP contribution in [0.2, 0.25) is 0 Å². The van der Waals surface area contributed by atoms with E-state index in [2.05, 4.69) is 35.4 Å². The molecule has 0 amide bonds. The maximum absolute atomic E-state index is 16.4. The van der Waals surface area contributed by atoms with Gasteiger partial charge in [0.15, 0.2) is 0 Å². The fourth-order valence-electron chi connectivity index (χ4n) is 7.14. The van der Waals surface area contributed by atoms with Gasteiger partial charge in [-0.2, -0.15) is 13.9 Å². The molecular formula is C38H39F3N10O3. The Balaban J connectivity index is 1.01. The fourth-order valence-corrected chi connectivity index (χ4v) is 7.14. The number of aromatic nitrogens is 8. The van der Waals surface area contributed by atoms with E-state index in [0.29, 0.717) is 17.7 Å².